The zero-order valence-electron chi connectivity index (χ0n) is 3.74. The molecule has 1 fully saturated rings. The Labute approximate surface area is 50.0 Å². The standard InChI is InChI=1S/C4H9NS.CH4/c1-2-4-6-5-3-1;/h5H,1-4H2;1H4. The van der Waals surface area contributed by atoms with Gasteiger partial charge in [0.2, 0.25) is 0 Å². The van der Waals surface area contributed by atoms with E-state index in [1.807, 2.05) is 11.9 Å². The van der Waals surface area contributed by atoms with Crippen molar-refractivity contribution in [3.05, 3.63) is 0 Å². The molecule has 0 aromatic heterocycles. The van der Waals surface area contributed by atoms with Crippen LogP contribution in [0.5, 0.6) is 0 Å². The maximum Gasteiger partial charge on any atom is 0.00791 e. The van der Waals surface area contributed by atoms with E-state index in [0.717, 1.165) is 0 Å². The van der Waals surface area contributed by atoms with Gasteiger partial charge < -0.3 is 0 Å². The smallest absolute Gasteiger partial charge is 0.00791 e. The van der Waals surface area contributed by atoms with Gasteiger partial charge in [-0.25, -0.2) is 0 Å². The van der Waals surface area contributed by atoms with Gasteiger partial charge in [-0.1, -0.05) is 19.4 Å². The molecule has 2 heteroatoms. The van der Waals surface area contributed by atoms with Crippen LogP contribution >= 0.6 is 11.9 Å². The van der Waals surface area contributed by atoms with Crippen LogP contribution in [-0.4, -0.2) is 12.3 Å². The van der Waals surface area contributed by atoms with E-state index in [0.29, 0.717) is 0 Å². The van der Waals surface area contributed by atoms with Crippen LogP contribution in [-0.2, 0) is 0 Å². The molecular weight excluding hydrogens is 106 g/mol. The van der Waals surface area contributed by atoms with Gasteiger partial charge in [0.15, 0.2) is 0 Å². The van der Waals surface area contributed by atoms with Crippen LogP contribution in [0.15, 0.2) is 0 Å². The molecule has 44 valence electrons. The quantitative estimate of drug-likeness (QED) is 0.487. The number of hydrogen-bond acceptors (Lipinski definition) is 2. The fraction of sp³-hybridized carbons (Fsp3) is 1.00. The second-order valence-electron chi connectivity index (χ2n) is 1.45. The molecule has 1 nitrogen and oxygen atoms in total. The lowest BCUT2D eigenvalue weighted by molar-refractivity contribution is 0.754. The van der Waals surface area contributed by atoms with Crippen LogP contribution < -0.4 is 4.72 Å². The molecule has 7 heavy (non-hydrogen) atoms. The summed E-state index contributed by atoms with van der Waals surface area (Å²) in [6.07, 6.45) is 2.77. The van der Waals surface area contributed by atoms with E-state index in [1.165, 1.54) is 25.1 Å². The lowest BCUT2D eigenvalue weighted by Gasteiger charge is -2.07. The summed E-state index contributed by atoms with van der Waals surface area (Å²) in [4.78, 5) is 0. The summed E-state index contributed by atoms with van der Waals surface area (Å²) in [6.45, 7) is 1.21. The van der Waals surface area contributed by atoms with Gasteiger partial charge in [0.25, 0.3) is 0 Å². The SMILES string of the molecule is C.C1CCSNC1. The molecule has 1 saturated heterocycles. The van der Waals surface area contributed by atoms with Crippen LogP contribution in [0.3, 0.4) is 0 Å². The molecule has 1 aliphatic heterocycles. The highest BCUT2D eigenvalue weighted by atomic mass is 32.2. The number of hydrogen-bond donors (Lipinski definition) is 1. The average molecular weight is 119 g/mol. The van der Waals surface area contributed by atoms with Gasteiger partial charge in [-0.3, -0.25) is 4.72 Å². The largest absolute Gasteiger partial charge is 0.264 e. The van der Waals surface area contributed by atoms with Crippen LogP contribution in [0.4, 0.5) is 0 Å². The van der Waals surface area contributed by atoms with Crippen LogP contribution in [0.2, 0.25) is 0 Å². The van der Waals surface area contributed by atoms with Gasteiger partial charge in [-0.05, 0) is 12.8 Å². The van der Waals surface area contributed by atoms with Crippen molar-refractivity contribution in [2.45, 2.75) is 20.3 Å². The topological polar surface area (TPSA) is 12.0 Å². The molecular formula is C5H13NS. The summed E-state index contributed by atoms with van der Waals surface area (Å²) in [5.41, 5.74) is 0. The van der Waals surface area contributed by atoms with Crippen LogP contribution in [0, 0.1) is 0 Å². The minimum absolute atomic E-state index is 0. The highest BCUT2D eigenvalue weighted by Gasteiger charge is 1.94. The zero-order chi connectivity index (χ0) is 4.24. The number of nitrogens with one attached hydrogen (secondary N) is 1. The van der Waals surface area contributed by atoms with E-state index < -0.39 is 0 Å². The van der Waals surface area contributed by atoms with E-state index in [1.54, 1.807) is 0 Å². The Bertz CT molecular complexity index is 23.6. The van der Waals surface area contributed by atoms with Gasteiger partial charge in [0, 0.05) is 12.3 Å². The molecule has 1 heterocycles. The number of rotatable bonds is 0. The molecule has 0 radical (unpaired) electrons. The van der Waals surface area contributed by atoms with Gasteiger partial charge in [-0.2, -0.15) is 0 Å². The van der Waals surface area contributed by atoms with Crippen molar-refractivity contribution in [2.75, 3.05) is 12.3 Å². The van der Waals surface area contributed by atoms with E-state index >= 15 is 0 Å². The summed E-state index contributed by atoms with van der Waals surface area (Å²) in [5.74, 6) is 1.31. The molecule has 0 aromatic carbocycles. The van der Waals surface area contributed by atoms with Crippen molar-refractivity contribution in [1.82, 2.24) is 4.72 Å². The first kappa shape index (κ1) is 7.31. The van der Waals surface area contributed by atoms with E-state index in [2.05, 4.69) is 4.72 Å². The highest BCUT2D eigenvalue weighted by Crippen LogP contribution is 2.04. The minimum Gasteiger partial charge on any atom is -0.264 e. The maximum absolute atomic E-state index is 3.20. The molecule has 0 spiro atoms. The Balaban J connectivity index is 0.000000360. The average Bonchev–Trinajstić information content (AvgIpc) is 1.72. The van der Waals surface area contributed by atoms with Crippen molar-refractivity contribution >= 4 is 11.9 Å². The van der Waals surface area contributed by atoms with Gasteiger partial charge in [-0.15, -0.1) is 0 Å². The zero-order valence-corrected chi connectivity index (χ0v) is 4.55. The molecule has 0 atom stereocenters. The second-order valence-corrected chi connectivity index (χ2v) is 2.44. The van der Waals surface area contributed by atoms with Crippen LogP contribution in [0.25, 0.3) is 0 Å². The summed E-state index contributed by atoms with van der Waals surface area (Å²) in [6, 6.07) is 0. The van der Waals surface area contributed by atoms with Gasteiger partial charge in [0.05, 0.1) is 0 Å². The Morgan fingerprint density at radius 1 is 1.29 bits per heavy atom. The summed E-state index contributed by atoms with van der Waals surface area (Å²) in [7, 11) is 0. The molecule has 0 aromatic rings. The second kappa shape index (κ2) is 4.47. The molecule has 1 rings (SSSR count). The Kier molecular flexibility index (Phi) is 4.67. The third kappa shape index (κ3) is 2.94. The van der Waals surface area contributed by atoms with Crippen molar-refractivity contribution in [1.29, 1.82) is 0 Å². The normalized spacial score (nSPS) is 20.6. The maximum atomic E-state index is 3.20. The highest BCUT2D eigenvalue weighted by molar-refractivity contribution is 7.97. The van der Waals surface area contributed by atoms with Gasteiger partial charge >= 0.3 is 0 Å². The van der Waals surface area contributed by atoms with Crippen LogP contribution in [0.1, 0.15) is 20.3 Å². The fourth-order valence-corrected chi connectivity index (χ4v) is 1.30. The molecule has 1 aliphatic rings. The van der Waals surface area contributed by atoms with E-state index in [4.69, 9.17) is 0 Å². The van der Waals surface area contributed by atoms with Crippen molar-refractivity contribution < 1.29 is 0 Å². The first-order chi connectivity index (χ1) is 3.00. The Morgan fingerprint density at radius 2 is 2.14 bits per heavy atom. The van der Waals surface area contributed by atoms with Crippen molar-refractivity contribution in [3.63, 3.8) is 0 Å². The fourth-order valence-electron chi connectivity index (χ4n) is 0.516. The van der Waals surface area contributed by atoms with E-state index in [-0.39, 0.29) is 7.43 Å². The predicted octanol–water partition coefficient (Wildman–Crippen LogP) is 1.65. The predicted molar refractivity (Wildman–Crippen MR) is 36.4 cm³/mol. The third-order valence-electron chi connectivity index (χ3n) is 0.877. The lowest BCUT2D eigenvalue weighted by Crippen LogP contribution is -2.11. The molecule has 0 unspecified atom stereocenters. The molecule has 1 N–H and O–H groups in total. The van der Waals surface area contributed by atoms with Gasteiger partial charge in [0.1, 0.15) is 0 Å². The monoisotopic (exact) mass is 119 g/mol. The lowest BCUT2D eigenvalue weighted by atomic mass is 10.3. The molecule has 0 bridgehead atoms. The third-order valence-corrected chi connectivity index (χ3v) is 1.78. The van der Waals surface area contributed by atoms with Crippen molar-refractivity contribution in [2.24, 2.45) is 0 Å². The molecule has 0 saturated carbocycles. The summed E-state index contributed by atoms with van der Waals surface area (Å²) >= 11 is 1.84. The molecule has 0 aliphatic carbocycles. The first-order valence-corrected chi connectivity index (χ1v) is 3.33. The molecule has 0 amide bonds. The minimum atomic E-state index is 0. The summed E-state index contributed by atoms with van der Waals surface area (Å²) in [5, 5.41) is 0. The Hall–Kier alpha value is 0.310. The summed E-state index contributed by atoms with van der Waals surface area (Å²) < 4.78 is 3.20. The first-order valence-electron chi connectivity index (χ1n) is 2.35. The van der Waals surface area contributed by atoms with Crippen molar-refractivity contribution in [3.8, 4) is 0 Å². The van der Waals surface area contributed by atoms with E-state index in [9.17, 15) is 0 Å². The Morgan fingerprint density at radius 3 is 2.29 bits per heavy atom.